The number of aromatic nitrogens is 4. The van der Waals surface area contributed by atoms with E-state index in [0.29, 0.717) is 12.2 Å². The number of rotatable bonds is 4. The molecule has 0 fully saturated rings. The number of carbonyl (C=O) groups is 1. The molecule has 80 valence electrons. The number of H-pyrrole nitrogens is 1. The number of ether oxygens (including phenoxy) is 1. The monoisotopic (exact) mass is 208 g/mol. The van der Waals surface area contributed by atoms with E-state index in [1.54, 1.807) is 0 Å². The average Bonchev–Trinajstić information content (AvgIpc) is 2.86. The van der Waals surface area contributed by atoms with Crippen LogP contribution in [0.2, 0.25) is 0 Å². The molecule has 0 aromatic carbocycles. The maximum absolute atomic E-state index is 11.3. The molecular formula is C9H12N4O2. The highest BCUT2D eigenvalue weighted by molar-refractivity contribution is 5.72. The summed E-state index contributed by atoms with van der Waals surface area (Å²) < 4.78 is 4.98. The van der Waals surface area contributed by atoms with Gasteiger partial charge in [-0.2, -0.15) is 5.21 Å². The van der Waals surface area contributed by atoms with Crippen LogP contribution in [0.5, 0.6) is 0 Å². The van der Waals surface area contributed by atoms with Gasteiger partial charge in [-0.25, -0.2) is 0 Å². The lowest BCUT2D eigenvalue weighted by atomic mass is 10.2. The highest BCUT2D eigenvalue weighted by atomic mass is 16.5. The van der Waals surface area contributed by atoms with Crippen molar-refractivity contribution in [2.45, 2.75) is 32.3 Å². The smallest absolute Gasteiger partial charge is 0.310 e. The lowest BCUT2D eigenvalue weighted by Gasteiger charge is -2.02. The number of nitrogens with one attached hydrogen (secondary N) is 1. The van der Waals surface area contributed by atoms with E-state index in [9.17, 15) is 4.79 Å². The Morgan fingerprint density at radius 1 is 1.60 bits per heavy atom. The van der Waals surface area contributed by atoms with Gasteiger partial charge in [0.15, 0.2) is 6.61 Å². The van der Waals surface area contributed by atoms with Gasteiger partial charge in [0.25, 0.3) is 0 Å². The van der Waals surface area contributed by atoms with Crippen molar-refractivity contribution < 1.29 is 9.53 Å². The van der Waals surface area contributed by atoms with Crippen LogP contribution in [0.25, 0.3) is 0 Å². The zero-order chi connectivity index (χ0) is 10.5. The van der Waals surface area contributed by atoms with Crippen molar-refractivity contribution in [3.63, 3.8) is 0 Å². The molecule has 1 aliphatic carbocycles. The minimum Gasteiger partial charge on any atom is -0.457 e. The van der Waals surface area contributed by atoms with Crippen LogP contribution in [0.4, 0.5) is 0 Å². The summed E-state index contributed by atoms with van der Waals surface area (Å²) in [6.45, 7) is 0.0859. The van der Waals surface area contributed by atoms with E-state index in [4.69, 9.17) is 4.74 Å². The third kappa shape index (κ3) is 2.87. The van der Waals surface area contributed by atoms with E-state index in [1.165, 1.54) is 5.57 Å². The van der Waals surface area contributed by atoms with Gasteiger partial charge in [-0.15, -0.1) is 10.2 Å². The van der Waals surface area contributed by atoms with Gasteiger partial charge >= 0.3 is 5.97 Å². The predicted molar refractivity (Wildman–Crippen MR) is 50.5 cm³/mol. The Labute approximate surface area is 86.7 Å². The van der Waals surface area contributed by atoms with E-state index in [1.807, 2.05) is 0 Å². The topological polar surface area (TPSA) is 80.8 Å². The molecule has 0 amide bonds. The quantitative estimate of drug-likeness (QED) is 0.583. The van der Waals surface area contributed by atoms with Crippen LogP contribution in [-0.4, -0.2) is 26.6 Å². The molecule has 15 heavy (non-hydrogen) atoms. The van der Waals surface area contributed by atoms with E-state index < -0.39 is 0 Å². The summed E-state index contributed by atoms with van der Waals surface area (Å²) in [5.41, 5.74) is 1.17. The maximum atomic E-state index is 11.3. The van der Waals surface area contributed by atoms with Crippen LogP contribution in [0.15, 0.2) is 11.6 Å². The zero-order valence-corrected chi connectivity index (χ0v) is 8.27. The lowest BCUT2D eigenvalue weighted by Crippen LogP contribution is -2.06. The number of tetrazole rings is 1. The summed E-state index contributed by atoms with van der Waals surface area (Å²) in [6.07, 6.45) is 5.73. The van der Waals surface area contributed by atoms with Gasteiger partial charge in [-0.05, 0) is 19.3 Å². The molecule has 0 bridgehead atoms. The fraction of sp³-hybridized carbons (Fsp3) is 0.556. The van der Waals surface area contributed by atoms with Crippen molar-refractivity contribution in [2.75, 3.05) is 0 Å². The highest BCUT2D eigenvalue weighted by Gasteiger charge is 2.11. The van der Waals surface area contributed by atoms with Gasteiger partial charge in [-0.3, -0.25) is 4.79 Å². The Balaban J connectivity index is 1.73. The minimum atomic E-state index is -0.229. The normalized spacial score (nSPS) is 15.1. The number of hydrogen-bond donors (Lipinski definition) is 1. The third-order valence-corrected chi connectivity index (χ3v) is 2.26. The summed E-state index contributed by atoms with van der Waals surface area (Å²) in [6, 6.07) is 0. The number of hydrogen-bond acceptors (Lipinski definition) is 5. The Morgan fingerprint density at radius 3 is 3.20 bits per heavy atom. The molecule has 0 unspecified atom stereocenters. The van der Waals surface area contributed by atoms with Crippen LogP contribution in [0.1, 0.15) is 31.5 Å². The van der Waals surface area contributed by atoms with Gasteiger partial charge in [-0.1, -0.05) is 16.9 Å². The van der Waals surface area contributed by atoms with Crippen molar-refractivity contribution in [3.8, 4) is 0 Å². The largest absolute Gasteiger partial charge is 0.457 e. The lowest BCUT2D eigenvalue weighted by molar-refractivity contribution is -0.144. The molecule has 0 radical (unpaired) electrons. The van der Waals surface area contributed by atoms with E-state index in [0.717, 1.165) is 19.3 Å². The Bertz CT molecular complexity index is 358. The summed E-state index contributed by atoms with van der Waals surface area (Å²) in [7, 11) is 0. The Morgan fingerprint density at radius 2 is 2.53 bits per heavy atom. The fourth-order valence-corrected chi connectivity index (χ4v) is 1.52. The van der Waals surface area contributed by atoms with Crippen LogP contribution >= 0.6 is 0 Å². The fourth-order valence-electron chi connectivity index (χ4n) is 1.52. The van der Waals surface area contributed by atoms with Crippen LogP contribution in [0.3, 0.4) is 0 Å². The van der Waals surface area contributed by atoms with Gasteiger partial charge < -0.3 is 4.74 Å². The zero-order valence-electron chi connectivity index (χ0n) is 8.27. The summed E-state index contributed by atoms with van der Waals surface area (Å²) in [4.78, 5) is 11.3. The molecule has 6 heteroatoms. The van der Waals surface area contributed by atoms with Crippen molar-refractivity contribution in [1.29, 1.82) is 0 Å². The molecule has 2 rings (SSSR count). The van der Waals surface area contributed by atoms with Crippen molar-refractivity contribution in [2.24, 2.45) is 0 Å². The SMILES string of the molecule is O=C(CC1=CCCC1)OCc1nn[nH]n1. The second-order valence-electron chi connectivity index (χ2n) is 3.42. The second-order valence-corrected chi connectivity index (χ2v) is 3.42. The molecule has 0 saturated carbocycles. The number of carbonyl (C=O) groups excluding carboxylic acids is 1. The van der Waals surface area contributed by atoms with Crippen LogP contribution < -0.4 is 0 Å². The number of esters is 1. The molecule has 1 N–H and O–H groups in total. The molecule has 0 spiro atoms. The van der Waals surface area contributed by atoms with Crippen molar-refractivity contribution in [3.05, 3.63) is 17.5 Å². The standard InChI is InChI=1S/C9H12N4O2/c14-9(5-7-3-1-2-4-7)15-6-8-10-12-13-11-8/h3H,1-2,4-6H2,(H,10,11,12,13). The van der Waals surface area contributed by atoms with E-state index in [-0.39, 0.29) is 12.6 Å². The van der Waals surface area contributed by atoms with Crippen molar-refractivity contribution >= 4 is 5.97 Å². The van der Waals surface area contributed by atoms with Gasteiger partial charge in [0.05, 0.1) is 6.42 Å². The molecule has 1 aromatic heterocycles. The first-order valence-electron chi connectivity index (χ1n) is 4.90. The Hall–Kier alpha value is -1.72. The first-order chi connectivity index (χ1) is 7.34. The number of allylic oxidation sites excluding steroid dienone is 1. The van der Waals surface area contributed by atoms with Gasteiger partial charge in [0, 0.05) is 0 Å². The molecule has 0 atom stereocenters. The summed E-state index contributed by atoms with van der Waals surface area (Å²) >= 11 is 0. The molecule has 1 heterocycles. The van der Waals surface area contributed by atoms with Crippen LogP contribution in [-0.2, 0) is 16.1 Å². The number of aromatic amines is 1. The molecule has 1 aromatic rings. The second kappa shape index (κ2) is 4.68. The molecule has 1 aliphatic rings. The minimum absolute atomic E-state index is 0.0859. The van der Waals surface area contributed by atoms with E-state index in [2.05, 4.69) is 26.7 Å². The molecule has 0 saturated heterocycles. The summed E-state index contributed by atoms with van der Waals surface area (Å²) in [5.74, 6) is 0.164. The molecule has 0 aliphatic heterocycles. The molecular weight excluding hydrogens is 196 g/mol. The van der Waals surface area contributed by atoms with Crippen LogP contribution in [0, 0.1) is 0 Å². The maximum Gasteiger partial charge on any atom is 0.310 e. The Kier molecular flexibility index (Phi) is 3.06. The van der Waals surface area contributed by atoms with Gasteiger partial charge in [0.2, 0.25) is 5.82 Å². The predicted octanol–water partition coefficient (Wildman–Crippen LogP) is 0.743. The third-order valence-electron chi connectivity index (χ3n) is 2.26. The van der Waals surface area contributed by atoms with Crippen molar-refractivity contribution in [1.82, 2.24) is 20.6 Å². The number of nitrogens with zero attached hydrogens (tertiary/aromatic N) is 3. The van der Waals surface area contributed by atoms with E-state index >= 15 is 0 Å². The molecule has 6 nitrogen and oxygen atoms in total. The van der Waals surface area contributed by atoms with Gasteiger partial charge in [0.1, 0.15) is 0 Å². The summed E-state index contributed by atoms with van der Waals surface area (Å²) in [5, 5.41) is 13.0. The first kappa shape index (κ1) is 9.82. The first-order valence-corrected chi connectivity index (χ1v) is 4.90. The highest BCUT2D eigenvalue weighted by Crippen LogP contribution is 2.20. The average molecular weight is 208 g/mol.